The molecular weight excluding hydrogens is 611 g/mol. The quantitative estimate of drug-likeness (QED) is 0.185. The Labute approximate surface area is 279 Å². The maximum atomic E-state index is 12.9. The Morgan fingerprint density at radius 1 is 0.688 bits per heavy atom. The van der Waals surface area contributed by atoms with Gasteiger partial charge in [0.2, 0.25) is 0 Å². The minimum atomic E-state index is -0.327. The van der Waals surface area contributed by atoms with Crippen LogP contribution in [-0.2, 0) is 9.47 Å². The number of carbonyl (C=O) groups excluding carboxylic acids is 2. The van der Waals surface area contributed by atoms with Crippen LogP contribution in [0.5, 0.6) is 5.75 Å². The molecule has 4 aliphatic rings. The minimum Gasteiger partial charge on any atom is -0.494 e. The van der Waals surface area contributed by atoms with E-state index < -0.39 is 0 Å². The number of fused-ring (bicyclic) bond motifs is 4. The number of carbonyl (C=O) groups is 2. The lowest BCUT2D eigenvalue weighted by atomic mass is 10.0. The van der Waals surface area contributed by atoms with E-state index in [9.17, 15) is 14.0 Å². The third kappa shape index (κ3) is 7.27. The molecule has 4 bridgehead atoms. The second-order valence-electron chi connectivity index (χ2n) is 12.5. The van der Waals surface area contributed by atoms with Crippen LogP contribution in [-0.4, -0.2) is 55.8 Å². The first kappa shape index (κ1) is 32.0. The van der Waals surface area contributed by atoms with E-state index in [1.165, 1.54) is 24.3 Å². The molecule has 4 heterocycles. The number of hydrogen-bond acceptors (Lipinski definition) is 7. The summed E-state index contributed by atoms with van der Waals surface area (Å²) in [6.45, 7) is 4.44. The zero-order valence-corrected chi connectivity index (χ0v) is 26.7. The number of anilines is 2. The first-order valence-corrected chi connectivity index (χ1v) is 16.5. The molecule has 4 aromatic rings. The van der Waals surface area contributed by atoms with Crippen molar-refractivity contribution < 1.29 is 28.2 Å². The molecule has 248 valence electrons. The van der Waals surface area contributed by atoms with E-state index in [4.69, 9.17) is 14.2 Å². The molecular formula is C38H39FN4O5. The third-order valence-electron chi connectivity index (χ3n) is 9.19. The van der Waals surface area contributed by atoms with Crippen LogP contribution in [0.2, 0.25) is 0 Å². The second-order valence-corrected chi connectivity index (χ2v) is 12.5. The predicted molar refractivity (Wildman–Crippen MR) is 181 cm³/mol. The van der Waals surface area contributed by atoms with Gasteiger partial charge >= 0.3 is 0 Å². The summed E-state index contributed by atoms with van der Waals surface area (Å²) in [5.74, 6) is 0.133. The fourth-order valence-corrected chi connectivity index (χ4v) is 6.75. The minimum absolute atomic E-state index is 0.0722. The van der Waals surface area contributed by atoms with Crippen molar-refractivity contribution in [1.29, 1.82) is 0 Å². The van der Waals surface area contributed by atoms with E-state index >= 15 is 0 Å². The van der Waals surface area contributed by atoms with Gasteiger partial charge in [-0.1, -0.05) is 24.3 Å². The lowest BCUT2D eigenvalue weighted by molar-refractivity contribution is 0.0159. The van der Waals surface area contributed by atoms with Crippen LogP contribution in [0.15, 0.2) is 97.1 Å². The van der Waals surface area contributed by atoms with Crippen LogP contribution in [0.3, 0.4) is 0 Å². The Morgan fingerprint density at radius 2 is 1.12 bits per heavy atom. The third-order valence-corrected chi connectivity index (χ3v) is 9.19. The highest BCUT2D eigenvalue weighted by molar-refractivity contribution is 6.04. The van der Waals surface area contributed by atoms with Gasteiger partial charge in [0.25, 0.3) is 11.8 Å². The molecule has 48 heavy (non-hydrogen) atoms. The smallest absolute Gasteiger partial charge is 0.255 e. The van der Waals surface area contributed by atoms with E-state index in [0.717, 1.165) is 48.5 Å². The van der Waals surface area contributed by atoms with Crippen LogP contribution < -0.4 is 26.0 Å². The summed E-state index contributed by atoms with van der Waals surface area (Å²) in [5, 5.41) is 12.6. The van der Waals surface area contributed by atoms with Crippen LogP contribution in [0, 0.1) is 5.82 Å². The summed E-state index contributed by atoms with van der Waals surface area (Å²) in [5.41, 5.74) is 4.72. The van der Waals surface area contributed by atoms with Gasteiger partial charge in [0, 0.05) is 47.7 Å². The van der Waals surface area contributed by atoms with Gasteiger partial charge in [-0.3, -0.25) is 9.59 Å². The molecule has 0 aromatic heterocycles. The number of nitrogens with one attached hydrogen (secondary N) is 4. The maximum absolute atomic E-state index is 12.9. The van der Waals surface area contributed by atoms with Crippen molar-refractivity contribution in [2.45, 2.75) is 56.3 Å². The highest BCUT2D eigenvalue weighted by Gasteiger charge is 2.42. The molecule has 4 N–H and O–H groups in total. The average Bonchev–Trinajstić information content (AvgIpc) is 3.95. The normalized spacial score (nSPS) is 24.9. The fraction of sp³-hybridized carbons (Fsp3) is 0.316. The fourth-order valence-electron chi connectivity index (χ4n) is 6.75. The van der Waals surface area contributed by atoms with Crippen molar-refractivity contribution in [3.8, 4) is 5.75 Å². The van der Waals surface area contributed by atoms with Crippen LogP contribution >= 0.6 is 0 Å². The average molecular weight is 651 g/mol. The van der Waals surface area contributed by atoms with Gasteiger partial charge in [0.1, 0.15) is 11.6 Å². The van der Waals surface area contributed by atoms with Crippen molar-refractivity contribution in [3.05, 3.63) is 125 Å². The number of halogens is 1. The van der Waals surface area contributed by atoms with E-state index in [1.54, 1.807) is 12.1 Å². The number of morpholine rings is 2. The molecule has 4 fully saturated rings. The van der Waals surface area contributed by atoms with Crippen molar-refractivity contribution in [1.82, 2.24) is 10.6 Å². The standard InChI is InChI=1S/C20H22N2O3.C18H17FN2O2/c1-2-24-16-9-7-15(8-10-16)22-20(23)14-5-3-13(4-6-14)19-18-11-17(25-19)12-21-18;19-13-5-7-14(8-6-13)21-18(22)12-3-1-11(2-4-12)17-16-9-15(23-17)10-20-16/h3-10,17-19,21H,2,11-12H2,1H3,(H,22,23);1-8,15-17,20H,9-10H2,(H,21,22)/t17-,18-,19+;15-,16-,17+/m00/s1. The molecule has 6 atom stereocenters. The number of amides is 2. The van der Waals surface area contributed by atoms with Gasteiger partial charge in [-0.05, 0) is 104 Å². The van der Waals surface area contributed by atoms with E-state index in [2.05, 4.69) is 21.3 Å². The summed E-state index contributed by atoms with van der Waals surface area (Å²) in [6.07, 6.45) is 2.94. The predicted octanol–water partition coefficient (Wildman–Crippen LogP) is 6.02. The molecule has 2 amide bonds. The topological polar surface area (TPSA) is 110 Å². The molecule has 9 nitrogen and oxygen atoms in total. The van der Waals surface area contributed by atoms with Crippen molar-refractivity contribution >= 4 is 23.2 Å². The molecule has 4 saturated heterocycles. The van der Waals surface area contributed by atoms with Gasteiger partial charge in [-0.15, -0.1) is 0 Å². The zero-order valence-electron chi connectivity index (χ0n) is 26.7. The van der Waals surface area contributed by atoms with Gasteiger partial charge < -0.3 is 35.5 Å². The summed E-state index contributed by atoms with van der Waals surface area (Å²) in [4.78, 5) is 24.6. The first-order chi connectivity index (χ1) is 23.4. The summed E-state index contributed by atoms with van der Waals surface area (Å²) in [7, 11) is 0. The first-order valence-electron chi connectivity index (χ1n) is 16.5. The molecule has 4 aromatic carbocycles. The molecule has 0 unspecified atom stereocenters. The monoisotopic (exact) mass is 650 g/mol. The van der Waals surface area contributed by atoms with Crippen LogP contribution in [0.25, 0.3) is 0 Å². The summed E-state index contributed by atoms with van der Waals surface area (Å²) < 4.78 is 30.2. The van der Waals surface area contributed by atoms with Crippen molar-refractivity contribution in [2.75, 3.05) is 30.3 Å². The Kier molecular flexibility index (Phi) is 9.49. The largest absolute Gasteiger partial charge is 0.494 e. The molecule has 0 aliphatic carbocycles. The molecule has 0 spiro atoms. The van der Waals surface area contributed by atoms with Gasteiger partial charge in [0.05, 0.1) is 31.0 Å². The lowest BCUT2D eigenvalue weighted by Crippen LogP contribution is -2.34. The van der Waals surface area contributed by atoms with Crippen molar-refractivity contribution in [2.24, 2.45) is 0 Å². The van der Waals surface area contributed by atoms with E-state index in [0.29, 0.717) is 47.7 Å². The van der Waals surface area contributed by atoms with Crippen molar-refractivity contribution in [3.63, 3.8) is 0 Å². The molecule has 4 aliphatic heterocycles. The number of ether oxygens (including phenoxy) is 3. The van der Waals surface area contributed by atoms with E-state index in [-0.39, 0.29) is 29.8 Å². The number of rotatable bonds is 8. The Balaban J connectivity index is 0.000000152. The summed E-state index contributed by atoms with van der Waals surface area (Å²) >= 11 is 0. The highest BCUT2D eigenvalue weighted by Crippen LogP contribution is 2.38. The maximum Gasteiger partial charge on any atom is 0.255 e. The van der Waals surface area contributed by atoms with Crippen LogP contribution in [0.1, 0.15) is 63.8 Å². The Hall–Kier alpha value is -4.61. The Bertz CT molecular complexity index is 1720. The summed E-state index contributed by atoms with van der Waals surface area (Å²) in [6, 6.07) is 29.0. The second kappa shape index (κ2) is 14.2. The molecule has 0 radical (unpaired) electrons. The van der Waals surface area contributed by atoms with Gasteiger partial charge in [0.15, 0.2) is 0 Å². The number of benzene rings is 4. The van der Waals surface area contributed by atoms with E-state index in [1.807, 2.05) is 67.6 Å². The Morgan fingerprint density at radius 3 is 1.50 bits per heavy atom. The molecule has 0 saturated carbocycles. The molecule has 10 heteroatoms. The lowest BCUT2D eigenvalue weighted by Gasteiger charge is -2.23. The van der Waals surface area contributed by atoms with Gasteiger partial charge in [-0.25, -0.2) is 4.39 Å². The highest BCUT2D eigenvalue weighted by atomic mass is 19.1. The van der Waals surface area contributed by atoms with Crippen LogP contribution in [0.4, 0.5) is 15.8 Å². The van der Waals surface area contributed by atoms with Gasteiger partial charge in [-0.2, -0.15) is 0 Å². The zero-order chi connectivity index (χ0) is 33.0. The SMILES string of the molecule is CCOc1ccc(NC(=O)c2ccc([C@H]3O[C@@H]4CN[C@H]3C4)cc2)cc1.O=C(Nc1ccc(F)cc1)c1ccc([C@H]2O[C@@H]3CN[C@H]2C3)cc1. The number of hydrogen-bond donors (Lipinski definition) is 4. The molecule has 8 rings (SSSR count).